The zero-order valence-corrected chi connectivity index (χ0v) is 10.5. The number of allylic oxidation sites excluding steroid dienone is 7. The topological polar surface area (TPSA) is 34.1 Å². The number of benzene rings is 1. The lowest BCUT2D eigenvalue weighted by Gasteiger charge is -2.06. The molecule has 3 rings (SSSR count). The number of hydrogen-bond acceptors (Lipinski definition) is 2. The van der Waals surface area contributed by atoms with E-state index in [-0.39, 0.29) is 11.6 Å². The first-order valence-electron chi connectivity index (χ1n) is 6.05. The van der Waals surface area contributed by atoms with Gasteiger partial charge in [0.05, 0.1) is 0 Å². The van der Waals surface area contributed by atoms with Crippen LogP contribution in [0.4, 0.5) is 0 Å². The van der Waals surface area contributed by atoms with Gasteiger partial charge in [0.2, 0.25) is 0 Å². The number of ketones is 2. The molecule has 0 aliphatic heterocycles. The lowest BCUT2D eigenvalue weighted by Crippen LogP contribution is -2.10. The Morgan fingerprint density at radius 3 is 1.79 bits per heavy atom. The van der Waals surface area contributed by atoms with Gasteiger partial charge in [0.15, 0.2) is 11.6 Å². The van der Waals surface area contributed by atoms with Crippen LogP contribution >= 0.6 is 0 Å². The second kappa shape index (κ2) is 5.91. The van der Waals surface area contributed by atoms with Crippen molar-refractivity contribution in [2.75, 3.05) is 0 Å². The van der Waals surface area contributed by atoms with Crippen LogP contribution in [0.3, 0.4) is 0 Å². The van der Waals surface area contributed by atoms with Crippen molar-refractivity contribution in [3.63, 3.8) is 0 Å². The molecule has 1 aromatic carbocycles. The number of hydrogen-bond donors (Lipinski definition) is 0. The molecule has 2 aliphatic carbocycles. The highest BCUT2D eigenvalue weighted by Crippen LogP contribution is 2.15. The molecule has 0 bridgehead atoms. The Morgan fingerprint density at radius 2 is 1.42 bits per heavy atom. The van der Waals surface area contributed by atoms with Crippen molar-refractivity contribution in [1.29, 1.82) is 0 Å². The molecule has 0 unspecified atom stereocenters. The molecular formula is C17H14O2. The second-order valence-electron chi connectivity index (χ2n) is 4.26. The summed E-state index contributed by atoms with van der Waals surface area (Å²) in [5.74, 6) is -0.185. The van der Waals surface area contributed by atoms with Crippen LogP contribution in [0.5, 0.6) is 0 Å². The van der Waals surface area contributed by atoms with Crippen LogP contribution in [0.2, 0.25) is 0 Å². The smallest absolute Gasteiger partial charge is 0.186 e. The molecule has 94 valence electrons. The minimum Gasteiger partial charge on any atom is -0.289 e. The van der Waals surface area contributed by atoms with E-state index in [0.717, 1.165) is 6.42 Å². The van der Waals surface area contributed by atoms with Gasteiger partial charge in [-0.25, -0.2) is 0 Å². The van der Waals surface area contributed by atoms with Crippen LogP contribution in [-0.2, 0) is 0 Å². The molecule has 0 saturated heterocycles. The SMILES string of the molecule is C=C1C=CC=CC1.O=C1C=CC(=O)c2ccccc21. The maximum absolute atomic E-state index is 11.2. The Balaban J connectivity index is 0.000000163. The third-order valence-corrected chi connectivity index (χ3v) is 2.80. The Bertz CT molecular complexity index is 579. The van der Waals surface area contributed by atoms with Crippen molar-refractivity contribution >= 4 is 11.6 Å². The average molecular weight is 250 g/mol. The van der Waals surface area contributed by atoms with Crippen LogP contribution in [0.25, 0.3) is 0 Å². The average Bonchev–Trinajstić information content (AvgIpc) is 2.45. The minimum absolute atomic E-state index is 0.0924. The first-order chi connectivity index (χ1) is 9.18. The van der Waals surface area contributed by atoms with Crippen LogP contribution in [0.15, 0.2) is 72.9 Å². The monoisotopic (exact) mass is 250 g/mol. The first kappa shape index (κ1) is 13.0. The molecule has 2 heteroatoms. The largest absolute Gasteiger partial charge is 0.289 e. The van der Waals surface area contributed by atoms with Gasteiger partial charge in [-0.2, -0.15) is 0 Å². The van der Waals surface area contributed by atoms with Crippen molar-refractivity contribution in [2.24, 2.45) is 0 Å². The molecule has 0 N–H and O–H groups in total. The summed E-state index contributed by atoms with van der Waals surface area (Å²) in [5.41, 5.74) is 2.21. The molecule has 0 fully saturated rings. The van der Waals surface area contributed by atoms with Crippen molar-refractivity contribution in [3.8, 4) is 0 Å². The molecule has 0 amide bonds. The molecule has 2 aliphatic rings. The summed E-state index contributed by atoms with van der Waals surface area (Å²) < 4.78 is 0. The molecule has 0 heterocycles. The summed E-state index contributed by atoms with van der Waals surface area (Å²) in [6, 6.07) is 6.84. The highest BCUT2D eigenvalue weighted by atomic mass is 16.1. The summed E-state index contributed by atoms with van der Waals surface area (Å²) in [7, 11) is 0. The number of carbonyl (C=O) groups excluding carboxylic acids is 2. The molecule has 0 atom stereocenters. The lowest BCUT2D eigenvalue weighted by molar-refractivity contribution is 0.0994. The van der Waals surface area contributed by atoms with Crippen molar-refractivity contribution < 1.29 is 9.59 Å². The van der Waals surface area contributed by atoms with Gasteiger partial charge >= 0.3 is 0 Å². The van der Waals surface area contributed by atoms with E-state index in [1.807, 2.05) is 18.2 Å². The van der Waals surface area contributed by atoms with Crippen LogP contribution < -0.4 is 0 Å². The van der Waals surface area contributed by atoms with Crippen LogP contribution in [-0.4, -0.2) is 11.6 Å². The Kier molecular flexibility index (Phi) is 4.04. The summed E-state index contributed by atoms with van der Waals surface area (Å²) in [6.07, 6.45) is 11.8. The summed E-state index contributed by atoms with van der Waals surface area (Å²) >= 11 is 0. The quantitative estimate of drug-likeness (QED) is 0.703. The third-order valence-electron chi connectivity index (χ3n) is 2.80. The molecule has 0 aromatic heterocycles. The standard InChI is InChI=1S/C10H6O2.C7H8/c11-9-5-6-10(12)8-4-2-1-3-7(8)9;1-7-5-3-2-4-6-7/h1-6H;2-5H,1,6H2. The highest BCUT2D eigenvalue weighted by Gasteiger charge is 2.16. The van der Waals surface area contributed by atoms with E-state index in [0.29, 0.717) is 11.1 Å². The highest BCUT2D eigenvalue weighted by molar-refractivity contribution is 6.21. The van der Waals surface area contributed by atoms with Gasteiger partial charge in [0, 0.05) is 11.1 Å². The summed E-state index contributed by atoms with van der Waals surface area (Å²) in [6.45, 7) is 3.78. The van der Waals surface area contributed by atoms with Gasteiger partial charge in [-0.3, -0.25) is 9.59 Å². The number of fused-ring (bicyclic) bond motifs is 1. The fourth-order valence-electron chi connectivity index (χ4n) is 1.80. The van der Waals surface area contributed by atoms with E-state index in [1.165, 1.54) is 17.7 Å². The lowest BCUT2D eigenvalue weighted by atomic mass is 9.95. The van der Waals surface area contributed by atoms with Gasteiger partial charge in [-0.05, 0) is 18.6 Å². The minimum atomic E-state index is -0.0924. The zero-order chi connectivity index (χ0) is 13.7. The van der Waals surface area contributed by atoms with E-state index in [4.69, 9.17) is 0 Å². The van der Waals surface area contributed by atoms with Crippen molar-refractivity contribution in [2.45, 2.75) is 6.42 Å². The van der Waals surface area contributed by atoms with Crippen molar-refractivity contribution in [3.05, 3.63) is 84.0 Å². The van der Waals surface area contributed by atoms with Gasteiger partial charge in [0.25, 0.3) is 0 Å². The van der Waals surface area contributed by atoms with Gasteiger partial charge in [-0.1, -0.05) is 60.7 Å². The number of rotatable bonds is 0. The normalized spacial score (nSPS) is 15.9. The fourth-order valence-corrected chi connectivity index (χ4v) is 1.80. The molecule has 19 heavy (non-hydrogen) atoms. The molecular weight excluding hydrogens is 236 g/mol. The molecule has 2 nitrogen and oxygen atoms in total. The Hall–Kier alpha value is -2.48. The molecule has 1 aromatic rings. The molecule has 0 saturated carbocycles. The van der Waals surface area contributed by atoms with E-state index in [1.54, 1.807) is 24.3 Å². The maximum Gasteiger partial charge on any atom is 0.186 e. The zero-order valence-electron chi connectivity index (χ0n) is 10.5. The van der Waals surface area contributed by atoms with Crippen molar-refractivity contribution in [1.82, 2.24) is 0 Å². The molecule has 0 spiro atoms. The summed E-state index contributed by atoms with van der Waals surface area (Å²) in [4.78, 5) is 22.4. The van der Waals surface area contributed by atoms with Gasteiger partial charge in [-0.15, -0.1) is 0 Å². The fraction of sp³-hybridized carbons (Fsp3) is 0.0588. The third kappa shape index (κ3) is 3.26. The Labute approximate surface area is 112 Å². The van der Waals surface area contributed by atoms with E-state index in [9.17, 15) is 9.59 Å². The number of carbonyl (C=O) groups is 2. The molecule has 0 radical (unpaired) electrons. The van der Waals surface area contributed by atoms with E-state index in [2.05, 4.69) is 12.7 Å². The van der Waals surface area contributed by atoms with Crippen LogP contribution in [0, 0.1) is 0 Å². The van der Waals surface area contributed by atoms with Crippen LogP contribution in [0.1, 0.15) is 27.1 Å². The van der Waals surface area contributed by atoms with Gasteiger partial charge < -0.3 is 0 Å². The van der Waals surface area contributed by atoms with E-state index >= 15 is 0 Å². The van der Waals surface area contributed by atoms with E-state index < -0.39 is 0 Å². The summed E-state index contributed by atoms with van der Waals surface area (Å²) in [5, 5.41) is 0. The maximum atomic E-state index is 11.2. The Morgan fingerprint density at radius 1 is 0.842 bits per heavy atom. The predicted molar refractivity (Wildman–Crippen MR) is 76.3 cm³/mol. The van der Waals surface area contributed by atoms with Gasteiger partial charge in [0.1, 0.15) is 0 Å². The first-order valence-corrected chi connectivity index (χ1v) is 6.05. The second-order valence-corrected chi connectivity index (χ2v) is 4.26. The predicted octanol–water partition coefficient (Wildman–Crippen LogP) is 3.68.